The van der Waals surface area contributed by atoms with Crippen LogP contribution >= 0.6 is 11.6 Å². The average Bonchev–Trinajstić information content (AvgIpc) is 2.86. The minimum absolute atomic E-state index is 0.106. The molecule has 0 aliphatic carbocycles. The topological polar surface area (TPSA) is 103 Å². The largest absolute Gasteiger partial charge is 0.478 e. The number of piperazine rings is 1. The summed E-state index contributed by atoms with van der Waals surface area (Å²) >= 11 is 6.14. The van der Waals surface area contributed by atoms with Gasteiger partial charge in [-0.05, 0) is 45.9 Å². The number of aromatic nitrogens is 2. The Bertz CT molecular complexity index is 1160. The van der Waals surface area contributed by atoms with E-state index >= 15 is 0 Å². The van der Waals surface area contributed by atoms with Crippen LogP contribution in [0.25, 0.3) is 5.69 Å². The molecule has 0 N–H and O–H groups in total. The van der Waals surface area contributed by atoms with Crippen molar-refractivity contribution in [1.82, 2.24) is 14.1 Å². The van der Waals surface area contributed by atoms with Crippen molar-refractivity contribution in [1.29, 1.82) is 0 Å². The van der Waals surface area contributed by atoms with E-state index in [0.717, 1.165) is 0 Å². The number of anilines is 1. The Morgan fingerprint density at radius 3 is 2.25 bits per heavy atom. The lowest BCUT2D eigenvalue weighted by molar-refractivity contribution is -0.000878. The molecule has 3 rings (SSSR count). The lowest BCUT2D eigenvalue weighted by atomic mass is 10.2. The van der Waals surface area contributed by atoms with Crippen LogP contribution in [0.2, 0.25) is 5.02 Å². The summed E-state index contributed by atoms with van der Waals surface area (Å²) in [6, 6.07) is 6.83. The Morgan fingerprint density at radius 1 is 1.06 bits per heavy atom. The van der Waals surface area contributed by atoms with Crippen LogP contribution in [0.4, 0.5) is 5.69 Å². The van der Waals surface area contributed by atoms with E-state index < -0.39 is 26.9 Å². The van der Waals surface area contributed by atoms with E-state index in [2.05, 4.69) is 5.10 Å². The smallest absolute Gasteiger partial charge is 0.316 e. The maximum atomic E-state index is 13.7. The molecule has 200 valence electrons. The molecular weight excluding hydrogens is 508 g/mol. The molecule has 1 aliphatic heterocycles. The Balaban J connectivity index is 1.97. The van der Waals surface area contributed by atoms with Crippen molar-refractivity contribution in [2.24, 2.45) is 0 Å². The normalized spacial score (nSPS) is 15.1. The Hall–Kier alpha value is -2.18. The predicted octanol–water partition coefficient (Wildman–Crippen LogP) is 2.57. The number of hydrogen-bond acceptors (Lipinski definition) is 8. The number of nitrogens with zero attached hydrogens (tertiary/aromatic N) is 4. The third kappa shape index (κ3) is 6.77. The van der Waals surface area contributed by atoms with Gasteiger partial charge in [0, 0.05) is 44.4 Å². The zero-order valence-electron chi connectivity index (χ0n) is 21.2. The zero-order chi connectivity index (χ0) is 26.3. The van der Waals surface area contributed by atoms with Crippen LogP contribution in [0.5, 0.6) is 5.75 Å². The second-order valence-electron chi connectivity index (χ2n) is 8.59. The molecule has 1 saturated heterocycles. The van der Waals surface area contributed by atoms with E-state index in [4.69, 9.17) is 25.8 Å². The third-order valence-corrected chi connectivity index (χ3v) is 8.31. The first-order valence-electron chi connectivity index (χ1n) is 12.1. The number of rotatable bonds is 12. The van der Waals surface area contributed by atoms with E-state index in [0.29, 0.717) is 55.8 Å². The Morgan fingerprint density at radius 2 is 1.69 bits per heavy atom. The van der Waals surface area contributed by atoms with Gasteiger partial charge in [0.05, 0.1) is 30.3 Å². The fourth-order valence-corrected chi connectivity index (χ4v) is 5.27. The Labute approximate surface area is 217 Å². The maximum Gasteiger partial charge on any atom is 0.316 e. The number of sulfonamides is 1. The van der Waals surface area contributed by atoms with Gasteiger partial charge >= 0.3 is 5.56 Å². The molecular formula is C24H35ClN4O6S. The summed E-state index contributed by atoms with van der Waals surface area (Å²) in [5.41, 5.74) is 0.547. The highest BCUT2D eigenvalue weighted by atomic mass is 35.5. The molecule has 0 saturated carbocycles. The number of benzene rings is 1. The van der Waals surface area contributed by atoms with Gasteiger partial charge in [0.25, 0.3) is 0 Å². The van der Waals surface area contributed by atoms with Gasteiger partial charge in [0.2, 0.25) is 15.8 Å². The molecule has 0 bridgehead atoms. The summed E-state index contributed by atoms with van der Waals surface area (Å²) in [6.07, 6.45) is 1.05. The van der Waals surface area contributed by atoms with Gasteiger partial charge in [-0.1, -0.05) is 17.7 Å². The molecule has 2 aromatic rings. The van der Waals surface area contributed by atoms with Crippen LogP contribution in [0.3, 0.4) is 0 Å². The molecule has 0 radical (unpaired) electrons. The SMILES string of the molecule is CCOCC(COCC)Oc1c(N2CCN(S(=O)(=O)C(C)C)CC2)cnn(-c2cccc(Cl)c2)c1=O. The van der Waals surface area contributed by atoms with Gasteiger partial charge in [0.15, 0.2) is 0 Å². The minimum Gasteiger partial charge on any atom is -0.478 e. The molecule has 1 aliphatic rings. The molecule has 0 unspecified atom stereocenters. The highest BCUT2D eigenvalue weighted by Crippen LogP contribution is 2.27. The second kappa shape index (κ2) is 12.9. The van der Waals surface area contributed by atoms with E-state index in [1.165, 1.54) is 8.99 Å². The van der Waals surface area contributed by atoms with Gasteiger partial charge < -0.3 is 19.1 Å². The van der Waals surface area contributed by atoms with E-state index in [1.54, 1.807) is 44.3 Å². The fraction of sp³-hybridized carbons (Fsp3) is 0.583. The molecule has 10 nitrogen and oxygen atoms in total. The molecule has 1 fully saturated rings. The zero-order valence-corrected chi connectivity index (χ0v) is 22.8. The molecule has 12 heteroatoms. The highest BCUT2D eigenvalue weighted by Gasteiger charge is 2.31. The lowest BCUT2D eigenvalue weighted by Gasteiger charge is -2.36. The first-order chi connectivity index (χ1) is 17.2. The van der Waals surface area contributed by atoms with Crippen molar-refractivity contribution in [3.8, 4) is 11.4 Å². The fourth-order valence-electron chi connectivity index (χ4n) is 3.82. The minimum atomic E-state index is -3.36. The quantitative estimate of drug-likeness (QED) is 0.403. The first-order valence-corrected chi connectivity index (χ1v) is 14.0. The summed E-state index contributed by atoms with van der Waals surface area (Å²) in [5, 5.41) is 4.36. The van der Waals surface area contributed by atoms with E-state index in [1.807, 2.05) is 18.7 Å². The van der Waals surface area contributed by atoms with Crippen LogP contribution in [-0.2, 0) is 19.5 Å². The van der Waals surface area contributed by atoms with Crippen molar-refractivity contribution in [3.63, 3.8) is 0 Å². The molecule has 0 spiro atoms. The van der Waals surface area contributed by atoms with Crippen LogP contribution in [0, 0.1) is 0 Å². The molecule has 0 atom stereocenters. The number of hydrogen-bond donors (Lipinski definition) is 0. The lowest BCUT2D eigenvalue weighted by Crippen LogP contribution is -2.51. The summed E-state index contributed by atoms with van der Waals surface area (Å²) in [7, 11) is -3.36. The van der Waals surface area contributed by atoms with Gasteiger partial charge in [-0.25, -0.2) is 8.42 Å². The number of halogens is 1. The van der Waals surface area contributed by atoms with Crippen molar-refractivity contribution >= 4 is 27.3 Å². The van der Waals surface area contributed by atoms with Crippen molar-refractivity contribution in [2.45, 2.75) is 39.0 Å². The monoisotopic (exact) mass is 542 g/mol. The van der Waals surface area contributed by atoms with Gasteiger partial charge in [-0.2, -0.15) is 14.1 Å². The molecule has 1 aromatic carbocycles. The maximum absolute atomic E-state index is 13.7. The van der Waals surface area contributed by atoms with E-state index in [-0.39, 0.29) is 19.0 Å². The summed E-state index contributed by atoms with van der Waals surface area (Å²) in [4.78, 5) is 15.6. The average molecular weight is 543 g/mol. The van der Waals surface area contributed by atoms with Crippen molar-refractivity contribution < 1.29 is 22.6 Å². The second-order valence-corrected chi connectivity index (χ2v) is 11.5. The first kappa shape index (κ1) is 28.4. The standard InChI is InChI=1S/C24H35ClN4O6S/c1-5-33-16-21(17-34-6-2)35-23-22(27-10-12-28(13-11-27)36(31,32)18(3)4)15-26-29(24(23)30)20-9-7-8-19(25)14-20/h7-9,14-15,18,21H,5-6,10-13,16-17H2,1-4H3. The predicted molar refractivity (Wildman–Crippen MR) is 140 cm³/mol. The van der Waals surface area contributed by atoms with Crippen LogP contribution in [0.15, 0.2) is 35.3 Å². The third-order valence-electron chi connectivity index (χ3n) is 5.80. The van der Waals surface area contributed by atoms with Crippen LogP contribution in [-0.4, -0.2) is 86.5 Å². The van der Waals surface area contributed by atoms with Gasteiger partial charge in [-0.3, -0.25) is 4.79 Å². The summed E-state index contributed by atoms with van der Waals surface area (Å²) in [5.74, 6) is 0.106. The van der Waals surface area contributed by atoms with Crippen molar-refractivity contribution in [2.75, 3.05) is 57.5 Å². The molecule has 2 heterocycles. The van der Waals surface area contributed by atoms with Crippen molar-refractivity contribution in [3.05, 3.63) is 45.8 Å². The van der Waals surface area contributed by atoms with Crippen LogP contribution in [0.1, 0.15) is 27.7 Å². The molecule has 0 amide bonds. The molecule has 1 aromatic heterocycles. The van der Waals surface area contributed by atoms with Gasteiger partial charge in [0.1, 0.15) is 11.8 Å². The van der Waals surface area contributed by atoms with Crippen LogP contribution < -0.4 is 15.2 Å². The highest BCUT2D eigenvalue weighted by molar-refractivity contribution is 7.89. The van der Waals surface area contributed by atoms with Gasteiger partial charge in [-0.15, -0.1) is 0 Å². The molecule has 36 heavy (non-hydrogen) atoms. The number of ether oxygens (including phenoxy) is 3. The Kier molecular flexibility index (Phi) is 10.1. The van der Waals surface area contributed by atoms with E-state index in [9.17, 15) is 13.2 Å². The summed E-state index contributed by atoms with van der Waals surface area (Å²) < 4.78 is 45.3. The summed E-state index contributed by atoms with van der Waals surface area (Å²) in [6.45, 7) is 9.98.